The molecule has 0 saturated heterocycles. The lowest BCUT2D eigenvalue weighted by Gasteiger charge is -2.10. The Morgan fingerprint density at radius 1 is 1.35 bits per heavy atom. The molecular weight excluding hydrogens is 280 g/mol. The molecule has 0 aliphatic heterocycles. The van der Waals surface area contributed by atoms with Crippen molar-refractivity contribution >= 4 is 29.2 Å². The maximum Gasteiger partial charge on any atom is 0.349 e. The fourth-order valence-electron chi connectivity index (χ4n) is 2.09. The van der Waals surface area contributed by atoms with Crippen LogP contribution < -0.4 is 11.1 Å². The van der Waals surface area contributed by atoms with Gasteiger partial charge < -0.3 is 10.5 Å². The first-order valence-electron chi connectivity index (χ1n) is 6.40. The van der Waals surface area contributed by atoms with Crippen LogP contribution in [-0.2, 0) is 22.4 Å². The molecule has 3 amide bonds. The summed E-state index contributed by atoms with van der Waals surface area (Å²) in [4.78, 5) is 35.7. The van der Waals surface area contributed by atoms with Gasteiger partial charge in [0.2, 0.25) is 0 Å². The summed E-state index contributed by atoms with van der Waals surface area (Å²) >= 11 is 1.41. The number of rotatable bonds is 3. The molecule has 0 radical (unpaired) electrons. The van der Waals surface area contributed by atoms with E-state index in [1.165, 1.54) is 28.7 Å². The Morgan fingerprint density at radius 2 is 2.05 bits per heavy atom. The van der Waals surface area contributed by atoms with Gasteiger partial charge in [-0.1, -0.05) is 0 Å². The van der Waals surface area contributed by atoms with E-state index in [4.69, 9.17) is 10.5 Å². The maximum atomic E-state index is 12.0. The van der Waals surface area contributed by atoms with Crippen LogP contribution in [0.1, 0.15) is 39.9 Å². The quantitative estimate of drug-likeness (QED) is 0.823. The predicted octanol–water partition coefficient (Wildman–Crippen LogP) is 1.37. The van der Waals surface area contributed by atoms with Gasteiger partial charge in [-0.3, -0.25) is 10.1 Å². The van der Waals surface area contributed by atoms with Crippen molar-refractivity contribution in [3.8, 4) is 0 Å². The summed E-state index contributed by atoms with van der Waals surface area (Å²) in [5, 5.41) is 1.87. The lowest BCUT2D eigenvalue weighted by atomic mass is 9.99. The number of urea groups is 1. The van der Waals surface area contributed by atoms with Gasteiger partial charge in [-0.15, -0.1) is 11.3 Å². The minimum absolute atomic E-state index is 0.496. The molecule has 0 aromatic carbocycles. The van der Waals surface area contributed by atoms with Crippen molar-refractivity contribution < 1.29 is 19.1 Å². The normalized spacial score (nSPS) is 15.1. The number of thiophene rings is 1. The van der Waals surface area contributed by atoms with Gasteiger partial charge in [0.1, 0.15) is 4.88 Å². The third-order valence-corrected chi connectivity index (χ3v) is 4.31. The molecule has 1 aliphatic rings. The Balaban J connectivity index is 1.99. The number of carbonyl (C=O) groups excluding carboxylic acids is 3. The number of fused-ring (bicyclic) bond motifs is 1. The molecular formula is C13H16N2O4S. The van der Waals surface area contributed by atoms with Crippen LogP contribution in [0.15, 0.2) is 6.07 Å². The monoisotopic (exact) mass is 296 g/mol. The fraction of sp³-hybridized carbons (Fsp3) is 0.462. The number of carbonyl (C=O) groups is 3. The molecule has 0 saturated carbocycles. The van der Waals surface area contributed by atoms with Gasteiger partial charge >= 0.3 is 12.0 Å². The van der Waals surface area contributed by atoms with Crippen LogP contribution in [0.5, 0.6) is 0 Å². The van der Waals surface area contributed by atoms with Gasteiger partial charge in [0.05, 0.1) is 0 Å². The average Bonchev–Trinajstić information content (AvgIpc) is 2.81. The Morgan fingerprint density at radius 3 is 2.70 bits per heavy atom. The second kappa shape index (κ2) is 6.04. The minimum Gasteiger partial charge on any atom is -0.448 e. The Labute approximate surface area is 120 Å². The Hall–Kier alpha value is -1.89. The van der Waals surface area contributed by atoms with Crippen LogP contribution in [-0.4, -0.2) is 24.0 Å². The molecule has 7 heteroatoms. The molecule has 108 valence electrons. The van der Waals surface area contributed by atoms with Crippen LogP contribution in [0.25, 0.3) is 0 Å². The van der Waals surface area contributed by atoms with E-state index in [1.54, 1.807) is 0 Å². The number of hydrogen-bond acceptors (Lipinski definition) is 5. The van der Waals surface area contributed by atoms with Gasteiger partial charge in [-0.25, -0.2) is 9.59 Å². The second-order valence-corrected chi connectivity index (χ2v) is 5.80. The van der Waals surface area contributed by atoms with E-state index >= 15 is 0 Å². The number of imide groups is 1. The van der Waals surface area contributed by atoms with Crippen molar-refractivity contribution in [1.82, 2.24) is 5.32 Å². The van der Waals surface area contributed by atoms with E-state index in [-0.39, 0.29) is 0 Å². The maximum absolute atomic E-state index is 12.0. The van der Waals surface area contributed by atoms with E-state index in [2.05, 4.69) is 0 Å². The number of hydrogen-bond donors (Lipinski definition) is 2. The number of nitrogens with one attached hydrogen (secondary N) is 1. The van der Waals surface area contributed by atoms with Crippen LogP contribution in [0, 0.1) is 0 Å². The number of nitrogens with two attached hydrogens (primary N) is 1. The molecule has 1 heterocycles. The van der Waals surface area contributed by atoms with Crippen molar-refractivity contribution in [2.45, 2.75) is 38.7 Å². The van der Waals surface area contributed by atoms with Gasteiger partial charge in [0.25, 0.3) is 5.91 Å². The zero-order valence-corrected chi connectivity index (χ0v) is 11.9. The molecule has 1 aliphatic carbocycles. The van der Waals surface area contributed by atoms with Crippen LogP contribution in [0.4, 0.5) is 4.79 Å². The summed E-state index contributed by atoms with van der Waals surface area (Å²) < 4.78 is 5.03. The van der Waals surface area contributed by atoms with Crippen LogP contribution >= 0.6 is 11.3 Å². The molecule has 3 N–H and O–H groups in total. The molecule has 2 rings (SSSR count). The van der Waals surface area contributed by atoms with E-state index in [0.717, 1.165) is 25.7 Å². The highest BCUT2D eigenvalue weighted by molar-refractivity contribution is 7.14. The van der Waals surface area contributed by atoms with Crippen LogP contribution in [0.2, 0.25) is 0 Å². The van der Waals surface area contributed by atoms with Gasteiger partial charge in [0, 0.05) is 4.88 Å². The lowest BCUT2D eigenvalue weighted by Crippen LogP contribution is -2.42. The summed E-state index contributed by atoms with van der Waals surface area (Å²) in [5.41, 5.74) is 6.03. The summed E-state index contributed by atoms with van der Waals surface area (Å²) in [5.74, 6) is -1.27. The zero-order valence-electron chi connectivity index (χ0n) is 11.1. The third-order valence-electron chi connectivity index (χ3n) is 3.10. The molecule has 20 heavy (non-hydrogen) atoms. The van der Waals surface area contributed by atoms with Crippen molar-refractivity contribution in [3.63, 3.8) is 0 Å². The smallest absolute Gasteiger partial charge is 0.349 e. The van der Waals surface area contributed by atoms with E-state index in [9.17, 15) is 14.4 Å². The minimum atomic E-state index is -1.06. The highest BCUT2D eigenvalue weighted by Crippen LogP contribution is 2.30. The Kier molecular flexibility index (Phi) is 4.39. The number of ether oxygens (including phenoxy) is 1. The molecule has 1 aromatic heterocycles. The van der Waals surface area contributed by atoms with Crippen LogP contribution in [0.3, 0.4) is 0 Å². The molecule has 0 spiro atoms. The standard InChI is InChI=1S/C13H16N2O4S/c1-7(11(16)15-13(14)18)19-12(17)10-6-8-4-2-3-5-9(8)20-10/h6-7H,2-5H2,1H3,(H3,14,15,16,18). The van der Waals surface area contributed by atoms with E-state index in [0.29, 0.717) is 4.88 Å². The number of primary amides is 1. The van der Waals surface area contributed by atoms with E-state index in [1.807, 2.05) is 11.4 Å². The van der Waals surface area contributed by atoms with Crippen molar-refractivity contribution in [2.24, 2.45) is 5.73 Å². The largest absolute Gasteiger partial charge is 0.448 e. The Bertz CT molecular complexity index is 529. The van der Waals surface area contributed by atoms with Crippen molar-refractivity contribution in [1.29, 1.82) is 0 Å². The topological polar surface area (TPSA) is 98.5 Å². The number of aryl methyl sites for hydroxylation is 2. The molecule has 0 bridgehead atoms. The SMILES string of the molecule is CC(OC(=O)c1cc2c(s1)CCCC2)C(=O)NC(N)=O. The molecule has 6 nitrogen and oxygen atoms in total. The average molecular weight is 296 g/mol. The fourth-order valence-corrected chi connectivity index (χ4v) is 3.22. The molecule has 1 atom stereocenters. The first kappa shape index (κ1) is 14.5. The predicted molar refractivity (Wildman–Crippen MR) is 73.6 cm³/mol. The van der Waals surface area contributed by atoms with E-state index < -0.39 is 24.0 Å². The van der Waals surface area contributed by atoms with Gasteiger partial charge in [-0.05, 0) is 44.2 Å². The van der Waals surface area contributed by atoms with Gasteiger partial charge in [-0.2, -0.15) is 0 Å². The first-order chi connectivity index (χ1) is 9.47. The van der Waals surface area contributed by atoms with Crippen molar-refractivity contribution in [3.05, 3.63) is 21.4 Å². The summed E-state index contributed by atoms with van der Waals surface area (Å²) in [6, 6.07) is 0.865. The summed E-state index contributed by atoms with van der Waals surface area (Å²) in [6.45, 7) is 1.39. The molecule has 0 fully saturated rings. The summed E-state index contributed by atoms with van der Waals surface area (Å²) in [6.07, 6.45) is 3.19. The number of esters is 1. The molecule has 1 unspecified atom stereocenters. The lowest BCUT2D eigenvalue weighted by molar-refractivity contribution is -0.127. The number of amides is 3. The first-order valence-corrected chi connectivity index (χ1v) is 7.22. The van der Waals surface area contributed by atoms with Crippen molar-refractivity contribution in [2.75, 3.05) is 0 Å². The van der Waals surface area contributed by atoms with Gasteiger partial charge in [0.15, 0.2) is 6.10 Å². The summed E-state index contributed by atoms with van der Waals surface area (Å²) in [7, 11) is 0. The zero-order chi connectivity index (χ0) is 14.7. The highest BCUT2D eigenvalue weighted by Gasteiger charge is 2.23. The third kappa shape index (κ3) is 3.36. The highest BCUT2D eigenvalue weighted by atomic mass is 32.1. The molecule has 1 aromatic rings. The second-order valence-electron chi connectivity index (χ2n) is 4.67.